The summed E-state index contributed by atoms with van der Waals surface area (Å²) < 4.78 is 23.3. The maximum Gasteiger partial charge on any atom is 0.231 e. The van der Waals surface area contributed by atoms with Crippen molar-refractivity contribution in [2.24, 2.45) is 0 Å². The summed E-state index contributed by atoms with van der Waals surface area (Å²) in [6.07, 6.45) is 2.44. The van der Waals surface area contributed by atoms with E-state index in [4.69, 9.17) is 18.6 Å². The van der Waals surface area contributed by atoms with E-state index in [0.29, 0.717) is 30.6 Å². The number of thioether (sulfide) groups is 1. The normalized spacial score (nSPS) is 12.3. The van der Waals surface area contributed by atoms with Crippen LogP contribution in [0.3, 0.4) is 0 Å². The lowest BCUT2D eigenvalue weighted by atomic mass is 10.2. The van der Waals surface area contributed by atoms with E-state index in [1.165, 1.54) is 11.8 Å². The average Bonchev–Trinajstić information content (AvgIpc) is 3.50. The number of amides is 1. The number of carbonyl (C=O) groups is 1. The summed E-state index contributed by atoms with van der Waals surface area (Å²) in [6.45, 7) is 3.84. The van der Waals surface area contributed by atoms with Crippen molar-refractivity contribution in [2.75, 3.05) is 26.3 Å². The maximum absolute atomic E-state index is 12.4. The number of methoxy groups -OCH3 is 1. The van der Waals surface area contributed by atoms with Crippen molar-refractivity contribution < 1.29 is 23.4 Å². The molecule has 3 aromatic rings. The number of carbonyl (C=O) groups excluding carboxylic acids is 1. The number of furan rings is 1. The van der Waals surface area contributed by atoms with Crippen molar-refractivity contribution in [1.82, 2.24) is 20.1 Å². The highest BCUT2D eigenvalue weighted by Gasteiger charge is 2.18. The van der Waals surface area contributed by atoms with Gasteiger partial charge in [-0.1, -0.05) is 17.8 Å². The molecule has 0 aliphatic carbocycles. The Hall–Kier alpha value is -2.98. The van der Waals surface area contributed by atoms with Gasteiger partial charge in [0.15, 0.2) is 22.5 Å². The second-order valence-corrected chi connectivity index (χ2v) is 7.89. The minimum absolute atomic E-state index is 0.0878. The van der Waals surface area contributed by atoms with Crippen molar-refractivity contribution in [3.63, 3.8) is 0 Å². The minimum atomic E-state index is -0.0878. The molecular formula is C21H24N4O5S. The van der Waals surface area contributed by atoms with Crippen molar-refractivity contribution in [2.45, 2.75) is 31.6 Å². The summed E-state index contributed by atoms with van der Waals surface area (Å²) in [4.78, 5) is 12.4. The molecule has 3 heterocycles. The van der Waals surface area contributed by atoms with Crippen molar-refractivity contribution in [1.29, 1.82) is 0 Å². The number of aryl methyl sites for hydroxylation is 1. The van der Waals surface area contributed by atoms with Gasteiger partial charge in [0.25, 0.3) is 0 Å². The van der Waals surface area contributed by atoms with Crippen LogP contribution in [-0.2, 0) is 22.6 Å². The number of hydrogen-bond donors (Lipinski definition) is 1. The van der Waals surface area contributed by atoms with E-state index >= 15 is 0 Å². The van der Waals surface area contributed by atoms with Gasteiger partial charge < -0.3 is 28.5 Å². The van der Waals surface area contributed by atoms with Crippen LogP contribution >= 0.6 is 11.8 Å². The Kier molecular flexibility index (Phi) is 6.78. The fraction of sp³-hybridized carbons (Fsp3) is 0.381. The van der Waals surface area contributed by atoms with E-state index in [1.807, 2.05) is 35.8 Å². The highest BCUT2D eigenvalue weighted by atomic mass is 32.2. The largest absolute Gasteiger partial charge is 0.469 e. The third-order valence-corrected chi connectivity index (χ3v) is 5.77. The zero-order valence-corrected chi connectivity index (χ0v) is 18.2. The van der Waals surface area contributed by atoms with Crippen molar-refractivity contribution >= 4 is 17.7 Å². The molecule has 2 aromatic heterocycles. The van der Waals surface area contributed by atoms with E-state index in [9.17, 15) is 4.79 Å². The number of rotatable bonds is 10. The first-order valence-electron chi connectivity index (χ1n) is 9.90. The molecule has 0 bridgehead atoms. The van der Waals surface area contributed by atoms with Crippen LogP contribution in [-0.4, -0.2) is 46.9 Å². The number of nitrogens with one attached hydrogen (secondary N) is 1. The molecule has 10 heteroatoms. The molecule has 0 atom stereocenters. The van der Waals surface area contributed by atoms with E-state index in [0.717, 1.165) is 34.9 Å². The number of ether oxygens (including phenoxy) is 3. The van der Waals surface area contributed by atoms with Crippen molar-refractivity contribution in [3.05, 3.63) is 41.9 Å². The molecule has 0 saturated heterocycles. The first kappa shape index (κ1) is 21.3. The molecule has 0 spiro atoms. The van der Waals surface area contributed by atoms with Gasteiger partial charge in [-0.25, -0.2) is 0 Å². The predicted molar refractivity (Wildman–Crippen MR) is 114 cm³/mol. The summed E-state index contributed by atoms with van der Waals surface area (Å²) in [5, 5.41) is 12.3. The summed E-state index contributed by atoms with van der Waals surface area (Å²) in [5.74, 6) is 3.07. The van der Waals surface area contributed by atoms with Crippen LogP contribution in [0.25, 0.3) is 11.4 Å². The molecular weight excluding hydrogens is 420 g/mol. The molecule has 9 nitrogen and oxygen atoms in total. The van der Waals surface area contributed by atoms with Gasteiger partial charge in [0.05, 0.1) is 17.6 Å². The molecule has 4 rings (SSSR count). The molecule has 1 N–H and O–H groups in total. The zero-order valence-electron chi connectivity index (χ0n) is 17.4. The molecule has 1 amide bonds. The van der Waals surface area contributed by atoms with Gasteiger partial charge in [-0.2, -0.15) is 0 Å². The Balaban J connectivity index is 1.37. The number of benzene rings is 1. The molecule has 31 heavy (non-hydrogen) atoms. The standard InChI is InChI=1S/C21H24N4O5S/c1-14-16(6-9-28-14)20-23-24-21(25(20)7-3-8-27-2)31-12-19(26)22-11-15-4-5-17-18(10-15)30-13-29-17/h4-6,9-10H,3,7-8,11-13H2,1-2H3,(H,22,26). The van der Waals surface area contributed by atoms with E-state index in [1.54, 1.807) is 13.4 Å². The number of nitrogens with zero attached hydrogens (tertiary/aromatic N) is 3. The van der Waals surface area contributed by atoms with E-state index < -0.39 is 0 Å². The lowest BCUT2D eigenvalue weighted by molar-refractivity contribution is -0.118. The smallest absolute Gasteiger partial charge is 0.231 e. The Morgan fingerprint density at radius 1 is 1.26 bits per heavy atom. The number of fused-ring (bicyclic) bond motifs is 1. The van der Waals surface area contributed by atoms with Gasteiger partial charge in [-0.3, -0.25) is 4.79 Å². The molecule has 1 aromatic carbocycles. The first-order chi connectivity index (χ1) is 15.2. The second kappa shape index (κ2) is 9.88. The fourth-order valence-corrected chi connectivity index (χ4v) is 4.01. The van der Waals surface area contributed by atoms with Gasteiger partial charge in [0.1, 0.15) is 5.76 Å². The van der Waals surface area contributed by atoms with Crippen LogP contribution < -0.4 is 14.8 Å². The quantitative estimate of drug-likeness (QED) is 0.376. The van der Waals surface area contributed by atoms with Crippen LogP contribution in [0.15, 0.2) is 40.1 Å². The summed E-state index contributed by atoms with van der Waals surface area (Å²) in [7, 11) is 1.67. The summed E-state index contributed by atoms with van der Waals surface area (Å²) in [6, 6.07) is 7.51. The van der Waals surface area contributed by atoms with Crippen molar-refractivity contribution in [3.8, 4) is 22.9 Å². The third kappa shape index (κ3) is 5.02. The predicted octanol–water partition coefficient (Wildman–Crippen LogP) is 3.02. The molecule has 0 radical (unpaired) electrons. The summed E-state index contributed by atoms with van der Waals surface area (Å²) in [5.41, 5.74) is 1.84. The van der Waals surface area contributed by atoms with Crippen LogP contribution in [0.5, 0.6) is 11.5 Å². The lowest BCUT2D eigenvalue weighted by Crippen LogP contribution is -2.24. The van der Waals surface area contributed by atoms with E-state index in [2.05, 4.69) is 15.5 Å². The molecule has 1 aliphatic heterocycles. The van der Waals surface area contributed by atoms with E-state index in [-0.39, 0.29) is 18.5 Å². The number of aromatic nitrogens is 3. The van der Waals surface area contributed by atoms with Gasteiger partial charge >= 0.3 is 0 Å². The highest BCUT2D eigenvalue weighted by molar-refractivity contribution is 7.99. The maximum atomic E-state index is 12.4. The van der Waals surface area contributed by atoms with Crippen LogP contribution in [0, 0.1) is 6.92 Å². The third-order valence-electron chi connectivity index (χ3n) is 4.81. The van der Waals surface area contributed by atoms with Gasteiger partial charge in [-0.05, 0) is 37.1 Å². The van der Waals surface area contributed by atoms with Crippen LogP contribution in [0.4, 0.5) is 0 Å². The Bertz CT molecular complexity index is 1050. The first-order valence-corrected chi connectivity index (χ1v) is 10.9. The molecule has 0 unspecified atom stereocenters. The molecule has 0 fully saturated rings. The highest BCUT2D eigenvalue weighted by Crippen LogP contribution is 2.32. The Morgan fingerprint density at radius 3 is 2.94 bits per heavy atom. The van der Waals surface area contributed by atoms with Crippen LogP contribution in [0.2, 0.25) is 0 Å². The van der Waals surface area contributed by atoms with Crippen LogP contribution in [0.1, 0.15) is 17.7 Å². The molecule has 1 aliphatic rings. The lowest BCUT2D eigenvalue weighted by Gasteiger charge is -2.10. The fourth-order valence-electron chi connectivity index (χ4n) is 3.21. The SMILES string of the molecule is COCCCn1c(SCC(=O)NCc2ccc3c(c2)OCO3)nnc1-c1ccoc1C. The van der Waals surface area contributed by atoms with Gasteiger partial charge in [-0.15, -0.1) is 10.2 Å². The number of hydrogen-bond acceptors (Lipinski definition) is 8. The monoisotopic (exact) mass is 444 g/mol. The Labute approximate surface area is 184 Å². The minimum Gasteiger partial charge on any atom is -0.469 e. The zero-order chi connectivity index (χ0) is 21.6. The Morgan fingerprint density at radius 2 is 2.13 bits per heavy atom. The molecule has 164 valence electrons. The summed E-state index contributed by atoms with van der Waals surface area (Å²) >= 11 is 1.35. The second-order valence-electron chi connectivity index (χ2n) is 6.95. The molecule has 0 saturated carbocycles. The average molecular weight is 445 g/mol. The van der Waals surface area contributed by atoms with Gasteiger partial charge in [0.2, 0.25) is 12.7 Å². The topological polar surface area (TPSA) is 101 Å². The van der Waals surface area contributed by atoms with Gasteiger partial charge in [0, 0.05) is 26.8 Å².